The van der Waals surface area contributed by atoms with Gasteiger partial charge >= 0.3 is 4.87 Å². The Morgan fingerprint density at radius 2 is 1.78 bits per heavy atom. The summed E-state index contributed by atoms with van der Waals surface area (Å²) in [7, 11) is 3.18. The van der Waals surface area contributed by atoms with Crippen LogP contribution >= 0.6 is 23.1 Å². The Morgan fingerprint density at radius 1 is 1.02 bits per heavy atom. The molecule has 2 saturated carbocycles. The number of hydrogen-bond acceptors (Lipinski definition) is 8. The highest BCUT2D eigenvalue weighted by atomic mass is 32.2. The molecule has 9 nitrogen and oxygen atoms in total. The maximum Gasteiger partial charge on any atom is 0.305 e. The average molecular weight is 592 g/mol. The molecule has 4 aliphatic rings. The lowest BCUT2D eigenvalue weighted by Gasteiger charge is -2.43. The molecule has 3 fully saturated rings. The van der Waals surface area contributed by atoms with E-state index in [-0.39, 0.29) is 58.1 Å². The summed E-state index contributed by atoms with van der Waals surface area (Å²) in [6.45, 7) is 1.64. The van der Waals surface area contributed by atoms with Gasteiger partial charge in [-0.3, -0.25) is 24.1 Å². The van der Waals surface area contributed by atoms with Gasteiger partial charge < -0.3 is 19.8 Å². The SMILES string of the molecule is COc1ccc([C@H]2c3sc(=O)[nH]c3SC3C4CC(C5C(=O)N(CC(=O)Nc6cccc(C)c6)C(=O)C45)C32)cc1OC. The van der Waals surface area contributed by atoms with E-state index in [4.69, 9.17) is 9.47 Å². The van der Waals surface area contributed by atoms with Crippen LogP contribution in [-0.4, -0.2) is 53.6 Å². The zero-order valence-corrected chi connectivity index (χ0v) is 24.3. The number of rotatable bonds is 6. The molecule has 2 bridgehead atoms. The predicted molar refractivity (Wildman–Crippen MR) is 155 cm³/mol. The van der Waals surface area contributed by atoms with Crippen molar-refractivity contribution < 1.29 is 23.9 Å². The first-order valence-corrected chi connectivity index (χ1v) is 15.3. The van der Waals surface area contributed by atoms with Gasteiger partial charge in [0, 0.05) is 21.7 Å². The van der Waals surface area contributed by atoms with Gasteiger partial charge in [0.05, 0.1) is 31.1 Å². The van der Waals surface area contributed by atoms with Crippen molar-refractivity contribution in [1.29, 1.82) is 0 Å². The minimum atomic E-state index is -0.457. The van der Waals surface area contributed by atoms with Crippen LogP contribution in [0.2, 0.25) is 0 Å². The molecule has 212 valence electrons. The second kappa shape index (κ2) is 9.77. The molecule has 0 radical (unpaired) electrons. The summed E-state index contributed by atoms with van der Waals surface area (Å²) in [4.78, 5) is 57.9. The van der Waals surface area contributed by atoms with Gasteiger partial charge in [-0.2, -0.15) is 0 Å². The third kappa shape index (κ3) is 4.04. The fourth-order valence-electron chi connectivity index (χ4n) is 7.72. The highest BCUT2D eigenvalue weighted by molar-refractivity contribution is 8.00. The topological polar surface area (TPSA) is 118 Å². The zero-order valence-electron chi connectivity index (χ0n) is 22.7. The van der Waals surface area contributed by atoms with Crippen LogP contribution in [0.25, 0.3) is 0 Å². The lowest BCUT2D eigenvalue weighted by atomic mass is 9.68. The number of thiazole rings is 1. The molecule has 3 heterocycles. The lowest BCUT2D eigenvalue weighted by Crippen LogP contribution is -2.42. The van der Waals surface area contributed by atoms with E-state index >= 15 is 0 Å². The van der Waals surface area contributed by atoms with Gasteiger partial charge in [-0.05, 0) is 66.5 Å². The van der Waals surface area contributed by atoms with E-state index in [9.17, 15) is 19.2 Å². The number of nitrogens with one attached hydrogen (secondary N) is 2. The van der Waals surface area contributed by atoms with E-state index in [2.05, 4.69) is 10.3 Å². The van der Waals surface area contributed by atoms with Crippen molar-refractivity contribution in [2.75, 3.05) is 26.1 Å². The van der Waals surface area contributed by atoms with E-state index in [0.29, 0.717) is 17.2 Å². The molecule has 2 N–H and O–H groups in total. The second-order valence-electron chi connectivity index (χ2n) is 11.3. The van der Waals surface area contributed by atoms with Crippen molar-refractivity contribution in [3.05, 3.63) is 68.1 Å². The smallest absolute Gasteiger partial charge is 0.305 e. The normalized spacial score (nSPS) is 29.2. The molecular formula is C30H29N3O6S2. The quantitative estimate of drug-likeness (QED) is 0.418. The first-order valence-electron chi connectivity index (χ1n) is 13.6. The number of amides is 3. The van der Waals surface area contributed by atoms with E-state index in [1.54, 1.807) is 32.0 Å². The largest absolute Gasteiger partial charge is 0.493 e. The fraction of sp³-hybridized carbons (Fsp3) is 0.400. The summed E-state index contributed by atoms with van der Waals surface area (Å²) in [5.74, 6) is -0.696. The molecule has 3 amide bonds. The maximum absolute atomic E-state index is 13.8. The van der Waals surface area contributed by atoms with Gasteiger partial charge in [0.15, 0.2) is 11.5 Å². The summed E-state index contributed by atoms with van der Waals surface area (Å²) in [5, 5.41) is 3.73. The lowest BCUT2D eigenvalue weighted by molar-refractivity contribution is -0.143. The second-order valence-corrected chi connectivity index (χ2v) is 13.5. The minimum Gasteiger partial charge on any atom is -0.493 e. The van der Waals surface area contributed by atoms with Crippen molar-refractivity contribution in [3.63, 3.8) is 0 Å². The number of thioether (sulfide) groups is 1. The first-order chi connectivity index (χ1) is 19.8. The van der Waals surface area contributed by atoms with Gasteiger partial charge in [-0.1, -0.05) is 29.5 Å². The van der Waals surface area contributed by atoms with E-state index < -0.39 is 11.8 Å². The molecule has 3 aromatic rings. The molecule has 11 heteroatoms. The predicted octanol–water partition coefficient (Wildman–Crippen LogP) is 3.87. The number of benzene rings is 2. The van der Waals surface area contributed by atoms with Crippen LogP contribution in [0.3, 0.4) is 0 Å². The Bertz CT molecular complexity index is 1650. The number of aryl methyl sites for hydroxylation is 1. The Kier molecular flexibility index (Phi) is 6.27. The molecule has 7 atom stereocenters. The minimum absolute atomic E-state index is 0.0134. The number of aromatic amines is 1. The van der Waals surface area contributed by atoms with E-state index in [1.807, 2.05) is 43.3 Å². The molecule has 1 aromatic heterocycles. The Labute approximate surface area is 244 Å². The molecule has 6 unspecified atom stereocenters. The number of nitrogens with zero attached hydrogens (tertiary/aromatic N) is 1. The van der Waals surface area contributed by atoms with Gasteiger partial charge in [0.1, 0.15) is 6.54 Å². The van der Waals surface area contributed by atoms with E-state index in [0.717, 1.165) is 27.5 Å². The number of H-pyrrole nitrogens is 1. The van der Waals surface area contributed by atoms with Crippen molar-refractivity contribution in [1.82, 2.24) is 9.88 Å². The average Bonchev–Trinajstić information content (AvgIpc) is 3.68. The van der Waals surface area contributed by atoms with Crippen molar-refractivity contribution in [3.8, 4) is 11.5 Å². The third-order valence-corrected chi connectivity index (χ3v) is 11.8. The fourth-order valence-corrected chi connectivity index (χ4v) is 10.6. The van der Waals surface area contributed by atoms with Crippen LogP contribution in [0.4, 0.5) is 5.69 Å². The summed E-state index contributed by atoms with van der Waals surface area (Å²) in [5.41, 5.74) is 2.63. The van der Waals surface area contributed by atoms with Crippen molar-refractivity contribution in [2.24, 2.45) is 29.6 Å². The zero-order chi connectivity index (χ0) is 28.6. The maximum atomic E-state index is 13.8. The monoisotopic (exact) mass is 591 g/mol. The number of anilines is 1. The number of methoxy groups -OCH3 is 2. The number of ether oxygens (including phenoxy) is 2. The molecule has 2 aromatic carbocycles. The molecule has 2 aliphatic heterocycles. The number of imide groups is 1. The number of carbonyl (C=O) groups excluding carboxylic acids is 3. The molecule has 2 aliphatic carbocycles. The van der Waals surface area contributed by atoms with Crippen LogP contribution < -0.4 is 19.7 Å². The summed E-state index contributed by atoms with van der Waals surface area (Å²) < 4.78 is 11.0. The van der Waals surface area contributed by atoms with Crippen LogP contribution in [-0.2, 0) is 14.4 Å². The number of aromatic nitrogens is 1. The highest BCUT2D eigenvalue weighted by Crippen LogP contribution is 2.68. The molecule has 7 rings (SSSR count). The van der Waals surface area contributed by atoms with Crippen molar-refractivity contribution >= 4 is 46.5 Å². The summed E-state index contributed by atoms with van der Waals surface area (Å²) in [6.07, 6.45) is 0.779. The number of hydrogen-bond donors (Lipinski definition) is 2. The molecule has 0 spiro atoms. The Morgan fingerprint density at radius 3 is 2.51 bits per heavy atom. The Hall–Kier alpha value is -3.57. The highest BCUT2D eigenvalue weighted by Gasteiger charge is 2.69. The van der Waals surface area contributed by atoms with Gasteiger partial charge in [0.2, 0.25) is 17.7 Å². The van der Waals surface area contributed by atoms with Gasteiger partial charge in [0.25, 0.3) is 0 Å². The van der Waals surface area contributed by atoms with Crippen LogP contribution in [0.15, 0.2) is 52.3 Å². The Balaban J connectivity index is 1.21. The third-order valence-electron chi connectivity index (χ3n) is 9.19. The number of likely N-dealkylation sites (tertiary alicyclic amines) is 1. The van der Waals surface area contributed by atoms with Crippen LogP contribution in [0.5, 0.6) is 11.5 Å². The standard InChI is InChI=1S/C30H29N3O6S2/c1-13-5-4-6-15(9-13)31-20(34)12-33-28(35)23-16-11-17(24(23)29(33)36)25-22(16)21(26-27(40-25)32-30(37)41-26)14-7-8-18(38-2)19(10-14)39-3/h4-10,16-17,21-25H,11-12H2,1-3H3,(H,31,34)(H,32,37)/t16?,17?,21-,22?,23?,24?,25?/m1/s1. The first kappa shape index (κ1) is 26.3. The van der Waals surface area contributed by atoms with E-state index in [1.165, 1.54) is 16.2 Å². The van der Waals surface area contributed by atoms with Crippen molar-refractivity contribution in [2.45, 2.75) is 29.5 Å². The molecule has 1 saturated heterocycles. The van der Waals surface area contributed by atoms with Gasteiger partial charge in [-0.15, -0.1) is 11.8 Å². The van der Waals surface area contributed by atoms with Crippen LogP contribution in [0, 0.1) is 36.5 Å². The summed E-state index contributed by atoms with van der Waals surface area (Å²) in [6, 6.07) is 13.2. The molecular weight excluding hydrogens is 562 g/mol. The number of carbonyl (C=O) groups is 3. The number of fused-ring (bicyclic) bond motifs is 9. The van der Waals surface area contributed by atoms with Gasteiger partial charge in [-0.25, -0.2) is 0 Å². The molecule has 41 heavy (non-hydrogen) atoms. The summed E-state index contributed by atoms with van der Waals surface area (Å²) >= 11 is 2.85. The van der Waals surface area contributed by atoms with Crippen LogP contribution in [0.1, 0.15) is 28.3 Å².